The monoisotopic (exact) mass is 272 g/mol. The first-order valence-electron chi connectivity index (χ1n) is 6.59. The normalized spacial score (nSPS) is 30.4. The lowest BCUT2D eigenvalue weighted by atomic mass is 9.76. The minimum absolute atomic E-state index is 0.427. The zero-order valence-corrected chi connectivity index (χ0v) is 11.7. The van der Waals surface area contributed by atoms with E-state index in [2.05, 4.69) is 12.0 Å². The minimum atomic E-state index is -1.07. The molecule has 1 atom stereocenters. The van der Waals surface area contributed by atoms with Crippen LogP contribution in [0, 0.1) is 5.92 Å². The van der Waals surface area contributed by atoms with Crippen LogP contribution in [0.15, 0.2) is 6.20 Å². The predicted molar refractivity (Wildman–Crippen MR) is 70.5 cm³/mol. The van der Waals surface area contributed by atoms with Gasteiger partial charge in [-0.15, -0.1) is 0 Å². The SMILES string of the molecule is CCn1ncc(Cl)c1C(O)C1(O)CCC(C)CC1. The first kappa shape index (κ1) is 13.8. The summed E-state index contributed by atoms with van der Waals surface area (Å²) in [6.45, 7) is 4.74. The van der Waals surface area contributed by atoms with E-state index in [1.54, 1.807) is 4.68 Å². The second-order valence-corrected chi connectivity index (χ2v) is 5.79. The van der Waals surface area contributed by atoms with Crippen molar-refractivity contribution in [2.45, 2.75) is 57.8 Å². The van der Waals surface area contributed by atoms with Crippen LogP contribution in [0.5, 0.6) is 0 Å². The van der Waals surface area contributed by atoms with Crippen molar-refractivity contribution in [3.05, 3.63) is 16.9 Å². The molecule has 0 aromatic carbocycles. The van der Waals surface area contributed by atoms with Crippen molar-refractivity contribution in [3.8, 4) is 0 Å². The standard InChI is InChI=1S/C13H21ClN2O2/c1-3-16-11(10(14)8-15-16)12(17)13(18)6-4-9(2)5-7-13/h8-9,12,17-18H,3-7H2,1-2H3. The molecule has 1 unspecified atom stereocenters. The molecule has 0 radical (unpaired) electrons. The summed E-state index contributed by atoms with van der Waals surface area (Å²) in [6.07, 6.45) is 3.66. The molecule has 1 aliphatic carbocycles. The van der Waals surface area contributed by atoms with Crippen LogP contribution in [0.25, 0.3) is 0 Å². The molecule has 0 saturated heterocycles. The summed E-state index contributed by atoms with van der Waals surface area (Å²) >= 11 is 6.07. The Bertz CT molecular complexity index is 411. The fraction of sp³-hybridized carbons (Fsp3) is 0.769. The second-order valence-electron chi connectivity index (χ2n) is 5.38. The largest absolute Gasteiger partial charge is 0.387 e. The summed E-state index contributed by atoms with van der Waals surface area (Å²) in [5, 5.41) is 25.6. The third-order valence-corrected chi connectivity index (χ3v) is 4.33. The van der Waals surface area contributed by atoms with Gasteiger partial charge in [-0.2, -0.15) is 5.10 Å². The molecule has 0 aliphatic heterocycles. The van der Waals surface area contributed by atoms with E-state index in [1.807, 2.05) is 6.92 Å². The molecule has 1 saturated carbocycles. The van der Waals surface area contributed by atoms with Gasteiger partial charge in [-0.25, -0.2) is 0 Å². The Balaban J connectivity index is 2.24. The Hall–Kier alpha value is -0.580. The molecule has 1 aliphatic rings. The number of halogens is 1. The summed E-state index contributed by atoms with van der Waals surface area (Å²) in [6, 6.07) is 0. The number of aromatic nitrogens is 2. The molecule has 102 valence electrons. The highest BCUT2D eigenvalue weighted by Gasteiger charge is 2.41. The predicted octanol–water partition coefficient (Wildman–Crippen LogP) is 2.53. The lowest BCUT2D eigenvalue weighted by Crippen LogP contribution is -2.40. The highest BCUT2D eigenvalue weighted by Crippen LogP contribution is 2.41. The quantitative estimate of drug-likeness (QED) is 0.889. The van der Waals surface area contributed by atoms with Gasteiger partial charge in [-0.05, 0) is 38.5 Å². The highest BCUT2D eigenvalue weighted by molar-refractivity contribution is 6.31. The van der Waals surface area contributed by atoms with Gasteiger partial charge in [0.05, 0.1) is 22.5 Å². The van der Waals surface area contributed by atoms with Crippen LogP contribution in [0.1, 0.15) is 51.3 Å². The van der Waals surface area contributed by atoms with Crippen molar-refractivity contribution in [1.29, 1.82) is 0 Å². The Morgan fingerprint density at radius 1 is 1.56 bits per heavy atom. The second kappa shape index (κ2) is 5.19. The number of nitrogens with zero attached hydrogens (tertiary/aromatic N) is 2. The lowest BCUT2D eigenvalue weighted by Gasteiger charge is -2.38. The highest BCUT2D eigenvalue weighted by atomic mass is 35.5. The maximum absolute atomic E-state index is 10.6. The molecule has 0 amide bonds. The molecule has 1 aromatic rings. The smallest absolute Gasteiger partial charge is 0.126 e. The first-order valence-corrected chi connectivity index (χ1v) is 6.97. The summed E-state index contributed by atoms with van der Waals surface area (Å²) in [4.78, 5) is 0. The average molecular weight is 273 g/mol. The van der Waals surface area contributed by atoms with E-state index in [4.69, 9.17) is 11.6 Å². The van der Waals surface area contributed by atoms with E-state index in [-0.39, 0.29) is 0 Å². The maximum atomic E-state index is 10.6. The molecule has 18 heavy (non-hydrogen) atoms. The van der Waals surface area contributed by atoms with Crippen molar-refractivity contribution in [2.75, 3.05) is 0 Å². The van der Waals surface area contributed by atoms with Gasteiger partial charge in [0.1, 0.15) is 6.10 Å². The van der Waals surface area contributed by atoms with Crippen LogP contribution in [0.4, 0.5) is 0 Å². The van der Waals surface area contributed by atoms with Gasteiger partial charge in [0.15, 0.2) is 0 Å². The number of aliphatic hydroxyl groups is 2. The molecular formula is C13H21ClN2O2. The van der Waals surface area contributed by atoms with Crippen molar-refractivity contribution in [3.63, 3.8) is 0 Å². The Labute approximate surface area is 113 Å². The maximum Gasteiger partial charge on any atom is 0.126 e. The van der Waals surface area contributed by atoms with E-state index in [1.165, 1.54) is 6.20 Å². The fourth-order valence-corrected chi connectivity index (χ4v) is 2.93. The van der Waals surface area contributed by atoms with E-state index in [0.717, 1.165) is 12.8 Å². The zero-order chi connectivity index (χ0) is 13.3. The van der Waals surface area contributed by atoms with E-state index >= 15 is 0 Å². The number of aliphatic hydroxyl groups excluding tert-OH is 1. The number of hydrogen-bond donors (Lipinski definition) is 2. The molecule has 5 heteroatoms. The third kappa shape index (κ3) is 2.42. The third-order valence-electron chi connectivity index (χ3n) is 4.04. The molecule has 4 nitrogen and oxygen atoms in total. The summed E-state index contributed by atoms with van der Waals surface area (Å²) in [5.74, 6) is 0.615. The first-order chi connectivity index (χ1) is 8.48. The van der Waals surface area contributed by atoms with Gasteiger partial charge in [-0.1, -0.05) is 18.5 Å². The van der Waals surface area contributed by atoms with Gasteiger partial charge in [-0.3, -0.25) is 4.68 Å². The van der Waals surface area contributed by atoms with Crippen LogP contribution in [0.2, 0.25) is 5.02 Å². The van der Waals surface area contributed by atoms with E-state index in [9.17, 15) is 10.2 Å². The summed E-state index contributed by atoms with van der Waals surface area (Å²) < 4.78 is 1.66. The van der Waals surface area contributed by atoms with Gasteiger partial charge >= 0.3 is 0 Å². The van der Waals surface area contributed by atoms with Crippen molar-refractivity contribution < 1.29 is 10.2 Å². The van der Waals surface area contributed by atoms with Crippen molar-refractivity contribution in [2.24, 2.45) is 5.92 Å². The number of rotatable bonds is 3. The van der Waals surface area contributed by atoms with Crippen LogP contribution in [-0.4, -0.2) is 25.6 Å². The lowest BCUT2D eigenvalue weighted by molar-refractivity contribution is -0.108. The summed E-state index contributed by atoms with van der Waals surface area (Å²) in [7, 11) is 0. The van der Waals surface area contributed by atoms with E-state index < -0.39 is 11.7 Å². The molecule has 2 rings (SSSR count). The van der Waals surface area contributed by atoms with Crippen LogP contribution in [0.3, 0.4) is 0 Å². The van der Waals surface area contributed by atoms with Crippen LogP contribution in [-0.2, 0) is 6.54 Å². The Morgan fingerprint density at radius 2 is 2.17 bits per heavy atom. The van der Waals surface area contributed by atoms with Crippen molar-refractivity contribution >= 4 is 11.6 Å². The Kier molecular flexibility index (Phi) is 3.99. The molecule has 1 fully saturated rings. The number of hydrogen-bond acceptors (Lipinski definition) is 3. The minimum Gasteiger partial charge on any atom is -0.387 e. The van der Waals surface area contributed by atoms with Gasteiger partial charge in [0, 0.05) is 6.54 Å². The molecule has 1 heterocycles. The van der Waals surface area contributed by atoms with Crippen LogP contribution < -0.4 is 0 Å². The zero-order valence-electron chi connectivity index (χ0n) is 10.9. The number of aryl methyl sites for hydroxylation is 1. The van der Waals surface area contributed by atoms with Gasteiger partial charge in [0.2, 0.25) is 0 Å². The fourth-order valence-electron chi connectivity index (χ4n) is 2.69. The topological polar surface area (TPSA) is 58.3 Å². The Morgan fingerprint density at radius 3 is 2.72 bits per heavy atom. The van der Waals surface area contributed by atoms with Crippen molar-refractivity contribution in [1.82, 2.24) is 9.78 Å². The average Bonchev–Trinajstić information content (AvgIpc) is 2.73. The van der Waals surface area contributed by atoms with E-state index in [0.29, 0.717) is 36.0 Å². The summed E-state index contributed by atoms with van der Waals surface area (Å²) in [5.41, 5.74) is -0.528. The molecule has 0 spiro atoms. The van der Waals surface area contributed by atoms with Gasteiger partial charge < -0.3 is 10.2 Å². The molecule has 1 aromatic heterocycles. The van der Waals surface area contributed by atoms with Gasteiger partial charge in [0.25, 0.3) is 0 Å². The molecule has 2 N–H and O–H groups in total. The van der Waals surface area contributed by atoms with Crippen LogP contribution >= 0.6 is 11.6 Å². The molecular weight excluding hydrogens is 252 g/mol. The molecule has 0 bridgehead atoms.